The van der Waals surface area contributed by atoms with Crippen molar-refractivity contribution in [3.05, 3.63) is 36.3 Å². The van der Waals surface area contributed by atoms with Gasteiger partial charge in [-0.05, 0) is 12.1 Å². The van der Waals surface area contributed by atoms with Crippen molar-refractivity contribution in [1.29, 1.82) is 0 Å². The third kappa shape index (κ3) is 1.07. The standard InChI is InChI=1S/C8H9N3O/c9-12-6-7-5-10-8-3-1-2-4-11(7)8/h1-5H,6,9H2. The Hall–Kier alpha value is -1.39. The molecule has 12 heavy (non-hydrogen) atoms. The maximum absolute atomic E-state index is 4.97. The molecule has 0 aliphatic rings. The fourth-order valence-corrected chi connectivity index (χ4v) is 1.18. The van der Waals surface area contributed by atoms with Gasteiger partial charge in [0, 0.05) is 6.20 Å². The summed E-state index contributed by atoms with van der Waals surface area (Å²) in [5.74, 6) is 4.97. The number of rotatable bonds is 2. The Kier molecular flexibility index (Phi) is 1.77. The molecule has 0 aliphatic heterocycles. The smallest absolute Gasteiger partial charge is 0.136 e. The highest BCUT2D eigenvalue weighted by Crippen LogP contribution is 2.05. The van der Waals surface area contributed by atoms with E-state index in [4.69, 9.17) is 5.90 Å². The maximum Gasteiger partial charge on any atom is 0.136 e. The highest BCUT2D eigenvalue weighted by atomic mass is 16.6. The van der Waals surface area contributed by atoms with Crippen LogP contribution < -0.4 is 5.90 Å². The predicted octanol–water partition coefficient (Wildman–Crippen LogP) is 0.725. The van der Waals surface area contributed by atoms with E-state index < -0.39 is 0 Å². The van der Waals surface area contributed by atoms with E-state index in [2.05, 4.69) is 9.82 Å². The molecule has 2 aromatic heterocycles. The minimum atomic E-state index is 0.380. The average Bonchev–Trinajstić information content (AvgIpc) is 2.50. The van der Waals surface area contributed by atoms with Crippen LogP contribution in [0, 0.1) is 0 Å². The van der Waals surface area contributed by atoms with E-state index in [1.54, 1.807) is 6.20 Å². The molecule has 0 spiro atoms. The number of hydrogen-bond acceptors (Lipinski definition) is 3. The van der Waals surface area contributed by atoms with Crippen LogP contribution in [0.1, 0.15) is 5.69 Å². The Morgan fingerprint density at radius 2 is 2.42 bits per heavy atom. The van der Waals surface area contributed by atoms with E-state index in [-0.39, 0.29) is 0 Å². The highest BCUT2D eigenvalue weighted by molar-refractivity contribution is 5.39. The van der Waals surface area contributed by atoms with Gasteiger partial charge < -0.3 is 4.40 Å². The van der Waals surface area contributed by atoms with E-state index in [0.717, 1.165) is 11.3 Å². The largest absolute Gasteiger partial charge is 0.302 e. The van der Waals surface area contributed by atoms with E-state index in [1.807, 2.05) is 28.8 Å². The molecule has 0 fully saturated rings. The Morgan fingerprint density at radius 3 is 3.25 bits per heavy atom. The Labute approximate surface area is 69.5 Å². The van der Waals surface area contributed by atoms with Crippen LogP contribution in [0.5, 0.6) is 0 Å². The zero-order valence-electron chi connectivity index (χ0n) is 6.47. The molecule has 0 bridgehead atoms. The summed E-state index contributed by atoms with van der Waals surface area (Å²) < 4.78 is 1.94. The zero-order valence-corrected chi connectivity index (χ0v) is 6.47. The van der Waals surface area contributed by atoms with Gasteiger partial charge in [0.25, 0.3) is 0 Å². The van der Waals surface area contributed by atoms with Crippen LogP contribution >= 0.6 is 0 Å². The molecule has 2 N–H and O–H groups in total. The van der Waals surface area contributed by atoms with Crippen LogP contribution in [0.2, 0.25) is 0 Å². The molecule has 0 amide bonds. The summed E-state index contributed by atoms with van der Waals surface area (Å²) in [4.78, 5) is 8.70. The van der Waals surface area contributed by atoms with E-state index >= 15 is 0 Å². The number of hydrogen-bond donors (Lipinski definition) is 1. The SMILES string of the molecule is NOCc1cnc2ccccn12. The van der Waals surface area contributed by atoms with Crippen LogP contribution in [-0.4, -0.2) is 9.38 Å². The lowest BCUT2D eigenvalue weighted by atomic mass is 10.4. The van der Waals surface area contributed by atoms with Crippen molar-refractivity contribution in [3.63, 3.8) is 0 Å². The summed E-state index contributed by atoms with van der Waals surface area (Å²) in [7, 11) is 0. The molecule has 0 atom stereocenters. The second kappa shape index (κ2) is 2.92. The van der Waals surface area contributed by atoms with Gasteiger partial charge in [0.2, 0.25) is 0 Å². The third-order valence-electron chi connectivity index (χ3n) is 1.72. The number of aromatic nitrogens is 2. The molecule has 2 heterocycles. The number of nitrogens with two attached hydrogens (primary N) is 1. The average molecular weight is 163 g/mol. The van der Waals surface area contributed by atoms with Crippen molar-refractivity contribution >= 4 is 5.65 Å². The van der Waals surface area contributed by atoms with Crippen molar-refractivity contribution in [2.24, 2.45) is 5.90 Å². The fourth-order valence-electron chi connectivity index (χ4n) is 1.18. The molecule has 2 aromatic rings. The lowest BCUT2D eigenvalue weighted by molar-refractivity contribution is 0.121. The van der Waals surface area contributed by atoms with Gasteiger partial charge >= 0.3 is 0 Å². The number of fused-ring (bicyclic) bond motifs is 1. The molecule has 2 rings (SSSR count). The van der Waals surface area contributed by atoms with Gasteiger partial charge in [0.1, 0.15) is 12.3 Å². The van der Waals surface area contributed by atoms with Crippen molar-refractivity contribution < 1.29 is 4.84 Å². The molecule has 0 saturated carbocycles. The van der Waals surface area contributed by atoms with Crippen LogP contribution in [-0.2, 0) is 11.4 Å². The first-order valence-electron chi connectivity index (χ1n) is 3.64. The lowest BCUT2D eigenvalue weighted by Gasteiger charge is -1.97. The van der Waals surface area contributed by atoms with Gasteiger partial charge in [0.15, 0.2) is 0 Å². The van der Waals surface area contributed by atoms with Crippen LogP contribution in [0.3, 0.4) is 0 Å². The van der Waals surface area contributed by atoms with Gasteiger partial charge in [-0.2, -0.15) is 0 Å². The van der Waals surface area contributed by atoms with Crippen LogP contribution in [0.25, 0.3) is 5.65 Å². The molecule has 0 unspecified atom stereocenters. The van der Waals surface area contributed by atoms with E-state index in [1.165, 1.54) is 0 Å². The van der Waals surface area contributed by atoms with Gasteiger partial charge in [-0.1, -0.05) is 6.07 Å². The molecule has 0 saturated heterocycles. The Balaban J connectivity index is 2.55. The van der Waals surface area contributed by atoms with Gasteiger partial charge in [-0.25, -0.2) is 10.9 Å². The maximum atomic E-state index is 4.97. The Morgan fingerprint density at radius 1 is 1.50 bits per heavy atom. The van der Waals surface area contributed by atoms with Gasteiger partial charge in [-0.3, -0.25) is 4.84 Å². The van der Waals surface area contributed by atoms with Crippen molar-refractivity contribution in [3.8, 4) is 0 Å². The fraction of sp³-hybridized carbons (Fsp3) is 0.125. The second-order valence-electron chi connectivity index (χ2n) is 2.49. The topological polar surface area (TPSA) is 52.5 Å². The first-order valence-corrected chi connectivity index (χ1v) is 3.64. The number of pyridine rings is 1. The van der Waals surface area contributed by atoms with Crippen LogP contribution in [0.15, 0.2) is 30.6 Å². The van der Waals surface area contributed by atoms with Crippen LogP contribution in [0.4, 0.5) is 0 Å². The van der Waals surface area contributed by atoms with Gasteiger partial charge in [-0.15, -0.1) is 0 Å². The van der Waals surface area contributed by atoms with Crippen molar-refractivity contribution in [2.75, 3.05) is 0 Å². The normalized spacial score (nSPS) is 10.8. The minimum Gasteiger partial charge on any atom is -0.302 e. The van der Waals surface area contributed by atoms with Gasteiger partial charge in [0.05, 0.1) is 11.9 Å². The van der Waals surface area contributed by atoms with Crippen molar-refractivity contribution in [2.45, 2.75) is 6.61 Å². The molecular weight excluding hydrogens is 154 g/mol. The summed E-state index contributed by atoms with van der Waals surface area (Å²) >= 11 is 0. The molecule has 0 aromatic carbocycles. The zero-order chi connectivity index (χ0) is 8.39. The molecular formula is C8H9N3O. The minimum absolute atomic E-state index is 0.380. The summed E-state index contributed by atoms with van der Waals surface area (Å²) in [6, 6.07) is 5.81. The predicted molar refractivity (Wildman–Crippen MR) is 44.2 cm³/mol. The highest BCUT2D eigenvalue weighted by Gasteiger charge is 1.99. The first kappa shape index (κ1) is 7.27. The van der Waals surface area contributed by atoms with Crippen molar-refractivity contribution in [1.82, 2.24) is 9.38 Å². The third-order valence-corrected chi connectivity index (χ3v) is 1.72. The molecule has 4 nitrogen and oxygen atoms in total. The summed E-state index contributed by atoms with van der Waals surface area (Å²) in [6.45, 7) is 0.380. The quantitative estimate of drug-likeness (QED) is 0.664. The van der Waals surface area contributed by atoms with E-state index in [9.17, 15) is 0 Å². The lowest BCUT2D eigenvalue weighted by Crippen LogP contribution is -2.01. The summed E-state index contributed by atoms with van der Waals surface area (Å²) in [5, 5.41) is 0. The number of imidazole rings is 1. The molecule has 0 aliphatic carbocycles. The summed E-state index contributed by atoms with van der Waals surface area (Å²) in [6.07, 6.45) is 3.68. The molecule has 62 valence electrons. The number of nitrogens with zero attached hydrogens (tertiary/aromatic N) is 2. The second-order valence-corrected chi connectivity index (χ2v) is 2.49. The Bertz CT molecular complexity index is 382. The monoisotopic (exact) mass is 163 g/mol. The summed E-state index contributed by atoms with van der Waals surface area (Å²) in [5.41, 5.74) is 1.86. The van der Waals surface area contributed by atoms with E-state index in [0.29, 0.717) is 6.61 Å². The molecule has 4 heteroatoms. The molecule has 0 radical (unpaired) electrons. The first-order chi connectivity index (χ1) is 5.92.